The van der Waals surface area contributed by atoms with Crippen molar-refractivity contribution < 1.29 is 63.6 Å². The van der Waals surface area contributed by atoms with Gasteiger partial charge in [-0.05, 0) is 96.7 Å². The van der Waals surface area contributed by atoms with Crippen molar-refractivity contribution in [3.05, 3.63) is 82.9 Å². The number of nitrogens with zero attached hydrogens (tertiary/aromatic N) is 5. The lowest BCUT2D eigenvalue weighted by Crippen LogP contribution is -2.61. The normalized spacial score (nSPS) is 21.7. The highest BCUT2D eigenvalue weighted by molar-refractivity contribution is 7.51. The van der Waals surface area contributed by atoms with Gasteiger partial charge in [-0.1, -0.05) is 12.1 Å². The quantitative estimate of drug-likeness (QED) is 0.146. The monoisotopic (exact) mass is 1030 g/mol. The van der Waals surface area contributed by atoms with E-state index >= 15 is 0 Å². The van der Waals surface area contributed by atoms with Gasteiger partial charge < -0.3 is 44.4 Å². The third-order valence-corrected chi connectivity index (χ3v) is 11.5. The maximum atomic E-state index is 14.3. The summed E-state index contributed by atoms with van der Waals surface area (Å²) in [6, 6.07) is 10.5. The molecule has 4 bridgehead atoms. The van der Waals surface area contributed by atoms with Gasteiger partial charge in [0.1, 0.15) is 59.8 Å². The maximum Gasteiger partial charge on any atom is 0.410 e. The molecule has 4 aromatic rings. The summed E-state index contributed by atoms with van der Waals surface area (Å²) < 4.78 is 95.3. The second-order valence-corrected chi connectivity index (χ2v) is 18.6. The van der Waals surface area contributed by atoms with Crippen molar-refractivity contribution in [1.29, 1.82) is 0 Å². The fourth-order valence-corrected chi connectivity index (χ4v) is 8.05. The van der Waals surface area contributed by atoms with Crippen LogP contribution in [0.15, 0.2) is 49.1 Å². The Kier molecular flexibility index (Phi) is 21.2. The molecule has 20 nitrogen and oxygen atoms in total. The van der Waals surface area contributed by atoms with Gasteiger partial charge in [0, 0.05) is 37.8 Å². The number of aromatic nitrogens is 4. The molecule has 1 saturated carbocycles. The van der Waals surface area contributed by atoms with E-state index in [4.69, 9.17) is 40.5 Å². The minimum Gasteiger partial charge on any atom is -0.474 e. The van der Waals surface area contributed by atoms with Crippen LogP contribution < -0.4 is 25.4 Å². The number of aryl methyl sites for hydroxylation is 2. The predicted molar refractivity (Wildman–Crippen MR) is 256 cm³/mol. The lowest BCUT2D eigenvalue weighted by molar-refractivity contribution is -0.138. The van der Waals surface area contributed by atoms with E-state index in [1.807, 2.05) is 65.5 Å². The molecule has 24 heteroatoms. The number of anilines is 4. The Bertz CT molecular complexity index is 2460. The predicted octanol–water partition coefficient (Wildman–Crippen LogP) is 6.38. The van der Waals surface area contributed by atoms with Crippen molar-refractivity contribution in [2.24, 2.45) is 0 Å². The molecule has 0 spiro atoms. The smallest absolute Gasteiger partial charge is 0.410 e. The largest absolute Gasteiger partial charge is 0.474 e. The molecule has 9 rings (SSSR count). The van der Waals surface area contributed by atoms with Gasteiger partial charge in [-0.15, -0.1) is 0 Å². The Labute approximate surface area is 417 Å². The Balaban J connectivity index is 0.000000215. The summed E-state index contributed by atoms with van der Waals surface area (Å²) in [5.41, 5.74) is 3.60. The summed E-state index contributed by atoms with van der Waals surface area (Å²) in [5, 5.41) is 9.63. The Morgan fingerprint density at radius 1 is 0.704 bits per heavy atom. The topological polar surface area (TPSA) is 249 Å². The molecule has 6 heterocycles. The molecule has 4 saturated heterocycles. The average molecular weight is 1030 g/mol. The van der Waals surface area contributed by atoms with E-state index < -0.39 is 23.1 Å². The second kappa shape index (κ2) is 26.9. The van der Waals surface area contributed by atoms with Crippen LogP contribution in [0.1, 0.15) is 81.5 Å². The molecule has 5 aliphatic rings. The average Bonchev–Trinajstić information content (AvgIpc) is 4.12. The molecule has 386 valence electrons. The number of carbonyl (C=O) groups is 2. The molecular weight excluding hydrogens is 971 g/mol. The SMILES string of the molecule is CC(C)(C)OC=O.Cc1ccc(Nc2ncnc(OC3CC4COCC(C3)N4)c2C)c(F)c1.Cc1ccc(Nc2ncnc(OC3CC4COCC(C3)N4C(=O)OC3CC3)c2C)c(F)c1.O=S=O.O=S=O. The number of rotatable bonds is 10. The molecule has 1 amide bonds. The molecular formula is C47H60F2N8O12S2. The zero-order valence-corrected chi connectivity index (χ0v) is 42.1. The highest BCUT2D eigenvalue weighted by Crippen LogP contribution is 2.35. The molecule has 4 atom stereocenters. The zero-order valence-electron chi connectivity index (χ0n) is 40.5. The number of benzene rings is 2. The number of ether oxygens (including phenoxy) is 6. The van der Waals surface area contributed by atoms with Crippen LogP contribution in [0.5, 0.6) is 11.8 Å². The number of morpholine rings is 2. The highest BCUT2D eigenvalue weighted by Gasteiger charge is 2.45. The number of hydrogen-bond acceptors (Lipinski definition) is 19. The van der Waals surface area contributed by atoms with E-state index in [9.17, 15) is 18.4 Å². The van der Waals surface area contributed by atoms with E-state index in [1.165, 1.54) is 24.8 Å². The first kappa shape index (κ1) is 55.8. The van der Waals surface area contributed by atoms with Crippen molar-refractivity contribution in [3.8, 4) is 11.8 Å². The van der Waals surface area contributed by atoms with Crippen molar-refractivity contribution >= 4 is 58.7 Å². The number of carbonyl (C=O) groups excluding carboxylic acids is 2. The first-order chi connectivity index (χ1) is 33.9. The van der Waals surface area contributed by atoms with Gasteiger partial charge in [0.15, 0.2) is 0 Å². The van der Waals surface area contributed by atoms with Crippen LogP contribution in [0.25, 0.3) is 0 Å². The first-order valence-electron chi connectivity index (χ1n) is 22.8. The number of piperidine rings is 2. The summed E-state index contributed by atoms with van der Waals surface area (Å²) in [6.07, 6.45) is 7.60. The third kappa shape index (κ3) is 17.3. The summed E-state index contributed by atoms with van der Waals surface area (Å²) in [5.74, 6) is 1.39. The van der Waals surface area contributed by atoms with E-state index in [0.29, 0.717) is 84.9 Å². The first-order valence-corrected chi connectivity index (χ1v) is 24.2. The molecule has 2 aromatic heterocycles. The Morgan fingerprint density at radius 3 is 1.54 bits per heavy atom. The number of hydrogen-bond donors (Lipinski definition) is 3. The number of fused-ring (bicyclic) bond motifs is 4. The van der Waals surface area contributed by atoms with E-state index in [2.05, 4.69) is 40.6 Å². The van der Waals surface area contributed by atoms with Crippen molar-refractivity contribution in [2.75, 3.05) is 37.1 Å². The highest BCUT2D eigenvalue weighted by atomic mass is 32.1. The van der Waals surface area contributed by atoms with Crippen LogP contribution in [0.2, 0.25) is 0 Å². The van der Waals surface area contributed by atoms with Gasteiger partial charge in [0.05, 0.1) is 61.0 Å². The molecule has 3 N–H and O–H groups in total. The number of halogens is 2. The number of amides is 1. The maximum absolute atomic E-state index is 14.3. The van der Waals surface area contributed by atoms with Gasteiger partial charge >= 0.3 is 29.2 Å². The summed E-state index contributed by atoms with van der Waals surface area (Å²) >= 11 is -1.50. The van der Waals surface area contributed by atoms with Gasteiger partial charge in [0.25, 0.3) is 6.47 Å². The Morgan fingerprint density at radius 2 is 1.14 bits per heavy atom. The van der Waals surface area contributed by atoms with Crippen LogP contribution in [0.3, 0.4) is 0 Å². The molecule has 4 unspecified atom stereocenters. The van der Waals surface area contributed by atoms with E-state index in [-0.39, 0.29) is 53.7 Å². The molecule has 2 aromatic carbocycles. The van der Waals surface area contributed by atoms with Gasteiger partial charge in [-0.25, -0.2) is 33.5 Å². The van der Waals surface area contributed by atoms with Crippen LogP contribution in [-0.2, 0) is 46.9 Å². The summed E-state index contributed by atoms with van der Waals surface area (Å²) in [7, 11) is 0. The molecule has 5 fully saturated rings. The molecule has 1 aliphatic carbocycles. The van der Waals surface area contributed by atoms with Crippen LogP contribution >= 0.6 is 0 Å². The van der Waals surface area contributed by atoms with Crippen molar-refractivity contribution in [2.45, 2.75) is 135 Å². The third-order valence-electron chi connectivity index (χ3n) is 11.5. The molecule has 71 heavy (non-hydrogen) atoms. The van der Waals surface area contributed by atoms with Gasteiger partial charge in [0.2, 0.25) is 11.8 Å². The molecule has 0 radical (unpaired) electrons. The molecule has 4 aliphatic heterocycles. The fourth-order valence-electron chi connectivity index (χ4n) is 8.05. The minimum atomic E-state index is -0.750. The zero-order chi connectivity index (χ0) is 51.7. The second-order valence-electron chi connectivity index (χ2n) is 18.3. The van der Waals surface area contributed by atoms with Crippen molar-refractivity contribution in [1.82, 2.24) is 30.2 Å². The summed E-state index contributed by atoms with van der Waals surface area (Å²) in [6.45, 7) is 15.7. The lowest BCUT2D eigenvalue weighted by Gasteiger charge is -2.47. The van der Waals surface area contributed by atoms with Crippen molar-refractivity contribution in [3.63, 3.8) is 0 Å². The lowest BCUT2D eigenvalue weighted by atomic mass is 9.92. The Hall–Kier alpha value is -6.08. The minimum absolute atomic E-state index is 0.0751. The van der Waals surface area contributed by atoms with Crippen LogP contribution in [-0.4, -0.2) is 129 Å². The van der Waals surface area contributed by atoms with Gasteiger partial charge in [-0.3, -0.25) is 9.69 Å². The summed E-state index contributed by atoms with van der Waals surface area (Å²) in [4.78, 5) is 41.1. The van der Waals surface area contributed by atoms with Crippen LogP contribution in [0, 0.1) is 39.3 Å². The fraction of sp³-hybridized carbons (Fsp3) is 0.532. The van der Waals surface area contributed by atoms with Gasteiger partial charge in [-0.2, -0.15) is 16.8 Å². The number of nitrogens with one attached hydrogen (secondary N) is 3. The standard InChI is InChI=1S/C23H27FN4O4.C19H23FN4O2.C5H10O2.2O2S/c1-13-3-6-20(19(24)7-13)27-21-14(2)22(26-12-25-21)31-18-8-15-10-30-11-16(9-18)28(15)23(29)32-17-4-5-17;1-11-3-4-17(16(20)5-11)24-18-12(2)19(22-10-21-18)26-15-6-13-8-25-9-14(7-15)23-13;1-5(2,3)7-4-6;2*1-3-2/h3,6-7,12,15-18H,4-5,8-11H2,1-2H3,(H,25,26,27);3-5,10,13-15,23H,6-9H2,1-2H3,(H,21,22,24);4H,1-3H3;;. The van der Waals surface area contributed by atoms with Crippen LogP contribution in [0.4, 0.5) is 36.6 Å². The van der Waals surface area contributed by atoms with E-state index in [0.717, 1.165) is 55.6 Å². The van der Waals surface area contributed by atoms with E-state index in [1.54, 1.807) is 12.1 Å².